The number of rotatable bonds is 7. The molecule has 1 amide bonds. The number of hydrogen-bond donors (Lipinski definition) is 1. The number of amides is 1. The van der Waals surface area contributed by atoms with Gasteiger partial charge in [-0.25, -0.2) is 0 Å². The molecule has 146 valence electrons. The van der Waals surface area contributed by atoms with Crippen molar-refractivity contribution in [1.29, 1.82) is 5.26 Å². The first-order chi connectivity index (χ1) is 14.1. The lowest BCUT2D eigenvalue weighted by Gasteiger charge is -2.12. The van der Waals surface area contributed by atoms with Gasteiger partial charge < -0.3 is 10.1 Å². The number of halogens is 1. The monoisotopic (exact) mass is 422 g/mol. The van der Waals surface area contributed by atoms with Gasteiger partial charge in [-0.05, 0) is 48.0 Å². The largest absolute Gasteiger partial charge is 0.496 e. The molecule has 0 aromatic heterocycles. The second-order valence-corrected chi connectivity index (χ2v) is 7.69. The average Bonchev–Trinajstić information content (AvgIpc) is 2.76. The SMILES string of the molecule is COc1ccc(Cl)cc1CNC(=O)c1ccccc1SCc1ccc(C#N)cc1. The highest BCUT2D eigenvalue weighted by atomic mass is 35.5. The number of nitrogens with one attached hydrogen (secondary N) is 1. The van der Waals surface area contributed by atoms with Crippen LogP contribution in [-0.4, -0.2) is 13.0 Å². The molecule has 3 rings (SSSR count). The molecule has 0 atom stereocenters. The Hall–Kier alpha value is -2.94. The fourth-order valence-corrected chi connectivity index (χ4v) is 3.97. The molecule has 3 aromatic carbocycles. The summed E-state index contributed by atoms with van der Waals surface area (Å²) in [6.07, 6.45) is 0. The number of ether oxygens (including phenoxy) is 1. The highest BCUT2D eigenvalue weighted by molar-refractivity contribution is 7.98. The Kier molecular flexibility index (Phi) is 7.18. The van der Waals surface area contributed by atoms with E-state index in [0.717, 1.165) is 16.0 Å². The van der Waals surface area contributed by atoms with E-state index in [-0.39, 0.29) is 5.91 Å². The summed E-state index contributed by atoms with van der Waals surface area (Å²) >= 11 is 7.64. The van der Waals surface area contributed by atoms with Gasteiger partial charge >= 0.3 is 0 Å². The summed E-state index contributed by atoms with van der Waals surface area (Å²) in [5.74, 6) is 1.23. The van der Waals surface area contributed by atoms with Crippen LogP contribution in [0.5, 0.6) is 5.75 Å². The Bertz CT molecular complexity index is 1050. The zero-order valence-electron chi connectivity index (χ0n) is 15.8. The molecule has 29 heavy (non-hydrogen) atoms. The van der Waals surface area contributed by atoms with Crippen LogP contribution in [0, 0.1) is 11.3 Å². The lowest BCUT2D eigenvalue weighted by atomic mass is 10.1. The molecule has 0 saturated carbocycles. The van der Waals surface area contributed by atoms with Crippen LogP contribution in [0.2, 0.25) is 5.02 Å². The van der Waals surface area contributed by atoms with E-state index in [1.807, 2.05) is 36.4 Å². The molecular formula is C23H19ClN2O2S. The van der Waals surface area contributed by atoms with Crippen molar-refractivity contribution in [2.24, 2.45) is 0 Å². The number of carbonyl (C=O) groups excluding carboxylic acids is 1. The number of nitriles is 1. The van der Waals surface area contributed by atoms with Gasteiger partial charge in [0.1, 0.15) is 5.75 Å². The Morgan fingerprint density at radius 2 is 1.90 bits per heavy atom. The minimum Gasteiger partial charge on any atom is -0.496 e. The standard InChI is InChI=1S/C23H19ClN2O2S/c1-28-21-11-10-19(24)12-18(21)14-26-23(27)20-4-2-3-5-22(20)29-15-17-8-6-16(13-25)7-9-17/h2-12H,14-15H2,1H3,(H,26,27). The molecule has 0 heterocycles. The molecule has 0 saturated heterocycles. The van der Waals surface area contributed by atoms with Crippen molar-refractivity contribution in [1.82, 2.24) is 5.32 Å². The maximum atomic E-state index is 12.8. The molecule has 4 nitrogen and oxygen atoms in total. The number of hydrogen-bond acceptors (Lipinski definition) is 4. The Labute approximate surface area is 179 Å². The van der Waals surface area contributed by atoms with Crippen LogP contribution in [0.25, 0.3) is 0 Å². The summed E-state index contributed by atoms with van der Waals surface area (Å²) in [7, 11) is 1.59. The molecule has 0 fully saturated rings. The molecule has 0 bridgehead atoms. The van der Waals surface area contributed by atoms with Crippen LogP contribution >= 0.6 is 23.4 Å². The molecule has 3 aromatic rings. The first-order valence-corrected chi connectivity index (χ1v) is 10.3. The molecule has 0 radical (unpaired) electrons. The maximum absolute atomic E-state index is 12.8. The van der Waals surface area contributed by atoms with Crippen LogP contribution < -0.4 is 10.1 Å². The van der Waals surface area contributed by atoms with Gasteiger partial charge in [-0.2, -0.15) is 5.26 Å². The van der Waals surface area contributed by atoms with E-state index in [9.17, 15) is 4.79 Å². The van der Waals surface area contributed by atoms with E-state index < -0.39 is 0 Å². The minimum atomic E-state index is -0.157. The van der Waals surface area contributed by atoms with Gasteiger partial charge in [-0.15, -0.1) is 11.8 Å². The predicted molar refractivity (Wildman–Crippen MR) is 116 cm³/mol. The lowest BCUT2D eigenvalue weighted by molar-refractivity contribution is 0.0947. The molecule has 0 unspecified atom stereocenters. The Morgan fingerprint density at radius 3 is 2.62 bits per heavy atom. The summed E-state index contributed by atoms with van der Waals surface area (Å²) < 4.78 is 5.33. The highest BCUT2D eigenvalue weighted by Crippen LogP contribution is 2.27. The fraction of sp³-hybridized carbons (Fsp3) is 0.130. The van der Waals surface area contributed by atoms with Crippen molar-refractivity contribution in [3.63, 3.8) is 0 Å². The molecule has 6 heteroatoms. The lowest BCUT2D eigenvalue weighted by Crippen LogP contribution is -2.23. The zero-order valence-corrected chi connectivity index (χ0v) is 17.4. The Morgan fingerprint density at radius 1 is 1.14 bits per heavy atom. The third-order valence-corrected chi connectivity index (χ3v) is 5.67. The molecule has 0 spiro atoms. The van der Waals surface area contributed by atoms with Crippen molar-refractivity contribution in [3.8, 4) is 11.8 Å². The smallest absolute Gasteiger partial charge is 0.252 e. The van der Waals surface area contributed by atoms with Gasteiger partial charge in [-0.3, -0.25) is 4.79 Å². The van der Waals surface area contributed by atoms with Gasteiger partial charge in [0.25, 0.3) is 5.91 Å². The third-order valence-electron chi connectivity index (χ3n) is 4.29. The van der Waals surface area contributed by atoms with Crippen LogP contribution in [0.15, 0.2) is 71.6 Å². The first-order valence-electron chi connectivity index (χ1n) is 8.92. The van der Waals surface area contributed by atoms with Gasteiger partial charge in [0.15, 0.2) is 0 Å². The number of carbonyl (C=O) groups is 1. The van der Waals surface area contributed by atoms with Gasteiger partial charge in [-0.1, -0.05) is 35.9 Å². The van der Waals surface area contributed by atoms with Gasteiger partial charge in [0.05, 0.1) is 24.3 Å². The topological polar surface area (TPSA) is 62.1 Å². The summed E-state index contributed by atoms with van der Waals surface area (Å²) in [6.45, 7) is 0.317. The molecule has 0 aliphatic carbocycles. The van der Waals surface area contributed by atoms with Crippen LogP contribution in [-0.2, 0) is 12.3 Å². The van der Waals surface area contributed by atoms with E-state index >= 15 is 0 Å². The summed E-state index contributed by atoms with van der Waals surface area (Å²) in [6, 6.07) is 22.4. The van der Waals surface area contributed by atoms with Gasteiger partial charge in [0.2, 0.25) is 0 Å². The van der Waals surface area contributed by atoms with Gasteiger partial charge in [0, 0.05) is 27.8 Å². The van der Waals surface area contributed by atoms with E-state index in [1.165, 1.54) is 0 Å². The predicted octanol–water partition coefficient (Wildman–Crippen LogP) is 5.44. The highest BCUT2D eigenvalue weighted by Gasteiger charge is 2.13. The number of methoxy groups -OCH3 is 1. The van der Waals surface area contributed by atoms with Crippen molar-refractivity contribution in [3.05, 3.63) is 94.0 Å². The van der Waals surface area contributed by atoms with Crippen LogP contribution in [0.3, 0.4) is 0 Å². The molecule has 0 aliphatic heterocycles. The Balaban J connectivity index is 1.68. The number of benzene rings is 3. The normalized spacial score (nSPS) is 10.2. The fourth-order valence-electron chi connectivity index (χ4n) is 2.77. The van der Waals surface area contributed by atoms with E-state index in [2.05, 4.69) is 11.4 Å². The maximum Gasteiger partial charge on any atom is 0.252 e. The van der Waals surface area contributed by atoms with Crippen molar-refractivity contribution >= 4 is 29.3 Å². The van der Waals surface area contributed by atoms with Crippen molar-refractivity contribution in [2.45, 2.75) is 17.2 Å². The quantitative estimate of drug-likeness (QED) is 0.515. The average molecular weight is 423 g/mol. The number of thioether (sulfide) groups is 1. The molecule has 0 aliphatic rings. The van der Waals surface area contributed by atoms with E-state index in [4.69, 9.17) is 21.6 Å². The summed E-state index contributed by atoms with van der Waals surface area (Å²) in [4.78, 5) is 13.7. The summed E-state index contributed by atoms with van der Waals surface area (Å²) in [5, 5.41) is 12.4. The van der Waals surface area contributed by atoms with E-state index in [0.29, 0.717) is 34.2 Å². The third kappa shape index (κ3) is 5.54. The molecular weight excluding hydrogens is 404 g/mol. The van der Waals surface area contributed by atoms with Crippen LogP contribution in [0.1, 0.15) is 27.0 Å². The second kappa shape index (κ2) is 10.0. The molecule has 1 N–H and O–H groups in total. The van der Waals surface area contributed by atoms with E-state index in [1.54, 1.807) is 49.2 Å². The number of nitrogens with zero attached hydrogens (tertiary/aromatic N) is 1. The van der Waals surface area contributed by atoms with Crippen molar-refractivity contribution < 1.29 is 9.53 Å². The first kappa shape index (κ1) is 20.8. The zero-order chi connectivity index (χ0) is 20.6. The van der Waals surface area contributed by atoms with Crippen molar-refractivity contribution in [2.75, 3.05) is 7.11 Å². The second-order valence-electron chi connectivity index (χ2n) is 6.23. The summed E-state index contributed by atoms with van der Waals surface area (Å²) in [5.41, 5.74) is 3.16. The van der Waals surface area contributed by atoms with Crippen LogP contribution in [0.4, 0.5) is 0 Å². The minimum absolute atomic E-state index is 0.157.